The Balaban J connectivity index is 1.58. The molecular weight excluding hydrogens is 344 g/mol. The molecule has 1 saturated heterocycles. The van der Waals surface area contributed by atoms with Gasteiger partial charge in [0.1, 0.15) is 0 Å². The second kappa shape index (κ2) is 8.62. The SMILES string of the molecule is O=C(Cc1ccc(Cl)cc1)NC[C@@H](c1ccsc1)N1CCOCC1. The van der Waals surface area contributed by atoms with Crippen molar-refractivity contribution in [2.45, 2.75) is 12.5 Å². The summed E-state index contributed by atoms with van der Waals surface area (Å²) in [5, 5.41) is 8.01. The van der Waals surface area contributed by atoms with Gasteiger partial charge in [-0.15, -0.1) is 0 Å². The van der Waals surface area contributed by atoms with E-state index in [-0.39, 0.29) is 11.9 Å². The maximum atomic E-state index is 12.3. The Morgan fingerprint density at radius 3 is 2.67 bits per heavy atom. The van der Waals surface area contributed by atoms with E-state index in [4.69, 9.17) is 16.3 Å². The number of hydrogen-bond donors (Lipinski definition) is 1. The Morgan fingerprint density at radius 2 is 2.00 bits per heavy atom. The molecule has 1 atom stereocenters. The van der Waals surface area contributed by atoms with Gasteiger partial charge in [0, 0.05) is 24.7 Å². The first-order chi connectivity index (χ1) is 11.7. The van der Waals surface area contributed by atoms with Gasteiger partial charge in [-0.2, -0.15) is 11.3 Å². The summed E-state index contributed by atoms with van der Waals surface area (Å²) in [4.78, 5) is 14.7. The fourth-order valence-electron chi connectivity index (χ4n) is 2.87. The summed E-state index contributed by atoms with van der Waals surface area (Å²) in [5.74, 6) is 0.0332. The first kappa shape index (κ1) is 17.4. The van der Waals surface area contributed by atoms with Gasteiger partial charge in [0.15, 0.2) is 0 Å². The number of morpholine rings is 1. The summed E-state index contributed by atoms with van der Waals surface area (Å²) in [7, 11) is 0. The molecule has 2 aromatic rings. The lowest BCUT2D eigenvalue weighted by Gasteiger charge is -2.34. The molecule has 0 spiro atoms. The molecule has 3 rings (SSSR count). The summed E-state index contributed by atoms with van der Waals surface area (Å²) in [6.07, 6.45) is 0.372. The van der Waals surface area contributed by atoms with Crippen LogP contribution in [-0.2, 0) is 16.0 Å². The summed E-state index contributed by atoms with van der Waals surface area (Å²) in [6, 6.07) is 9.74. The number of hydrogen-bond acceptors (Lipinski definition) is 4. The number of rotatable bonds is 6. The minimum Gasteiger partial charge on any atom is -0.379 e. The van der Waals surface area contributed by atoms with Crippen molar-refractivity contribution in [1.82, 2.24) is 10.2 Å². The molecule has 1 aliphatic rings. The van der Waals surface area contributed by atoms with Crippen molar-refractivity contribution in [1.29, 1.82) is 0 Å². The van der Waals surface area contributed by atoms with Crippen molar-refractivity contribution in [3.63, 3.8) is 0 Å². The Hall–Kier alpha value is -1.40. The Bertz CT molecular complexity index is 640. The lowest BCUT2D eigenvalue weighted by molar-refractivity contribution is -0.120. The average Bonchev–Trinajstić information content (AvgIpc) is 3.12. The Labute approximate surface area is 151 Å². The standard InChI is InChI=1S/C18H21ClN2O2S/c19-16-3-1-14(2-4-16)11-18(22)20-12-17(15-5-10-24-13-15)21-6-8-23-9-7-21/h1-5,10,13,17H,6-9,11-12H2,(H,20,22)/t17-/m0/s1. The van der Waals surface area contributed by atoms with Crippen LogP contribution in [0.1, 0.15) is 17.2 Å². The van der Waals surface area contributed by atoms with Gasteiger partial charge in [0.25, 0.3) is 0 Å². The Morgan fingerprint density at radius 1 is 1.25 bits per heavy atom. The van der Waals surface area contributed by atoms with Gasteiger partial charge in [-0.25, -0.2) is 0 Å². The summed E-state index contributed by atoms with van der Waals surface area (Å²) in [6.45, 7) is 3.91. The van der Waals surface area contributed by atoms with Crippen LogP contribution in [0.4, 0.5) is 0 Å². The third kappa shape index (κ3) is 4.80. The fourth-order valence-corrected chi connectivity index (χ4v) is 3.71. The minimum atomic E-state index is 0.0332. The van der Waals surface area contributed by atoms with Gasteiger partial charge in [-0.3, -0.25) is 9.69 Å². The zero-order valence-electron chi connectivity index (χ0n) is 13.4. The van der Waals surface area contributed by atoms with Crippen molar-refractivity contribution in [3.05, 3.63) is 57.2 Å². The molecule has 1 fully saturated rings. The van der Waals surface area contributed by atoms with E-state index >= 15 is 0 Å². The van der Waals surface area contributed by atoms with E-state index in [1.807, 2.05) is 24.3 Å². The fraction of sp³-hybridized carbons (Fsp3) is 0.389. The summed E-state index contributed by atoms with van der Waals surface area (Å²) >= 11 is 7.57. The van der Waals surface area contributed by atoms with Gasteiger partial charge < -0.3 is 10.1 Å². The maximum absolute atomic E-state index is 12.3. The van der Waals surface area contributed by atoms with Crippen LogP contribution in [0, 0.1) is 0 Å². The minimum absolute atomic E-state index is 0.0332. The van der Waals surface area contributed by atoms with E-state index in [1.54, 1.807) is 11.3 Å². The Kier molecular flexibility index (Phi) is 6.26. The van der Waals surface area contributed by atoms with Crippen LogP contribution in [0.25, 0.3) is 0 Å². The van der Waals surface area contributed by atoms with E-state index < -0.39 is 0 Å². The number of carbonyl (C=O) groups is 1. The molecule has 6 heteroatoms. The number of nitrogens with zero attached hydrogens (tertiary/aromatic N) is 1. The van der Waals surface area contributed by atoms with Crippen LogP contribution in [0.2, 0.25) is 5.02 Å². The van der Waals surface area contributed by atoms with E-state index in [0.717, 1.165) is 31.9 Å². The van der Waals surface area contributed by atoms with Crippen LogP contribution >= 0.6 is 22.9 Å². The lowest BCUT2D eigenvalue weighted by Crippen LogP contribution is -2.43. The van der Waals surface area contributed by atoms with Crippen molar-refractivity contribution in [2.75, 3.05) is 32.8 Å². The van der Waals surface area contributed by atoms with Crippen molar-refractivity contribution in [2.24, 2.45) is 0 Å². The van der Waals surface area contributed by atoms with E-state index in [1.165, 1.54) is 5.56 Å². The van der Waals surface area contributed by atoms with E-state index in [0.29, 0.717) is 18.0 Å². The molecule has 0 unspecified atom stereocenters. The van der Waals surface area contributed by atoms with Crippen LogP contribution < -0.4 is 5.32 Å². The molecule has 1 amide bonds. The number of amides is 1. The maximum Gasteiger partial charge on any atom is 0.224 e. The molecule has 1 aromatic carbocycles. The molecule has 1 N–H and O–H groups in total. The van der Waals surface area contributed by atoms with Gasteiger partial charge in [0.2, 0.25) is 5.91 Å². The molecule has 1 aromatic heterocycles. The van der Waals surface area contributed by atoms with Gasteiger partial charge in [0.05, 0.1) is 25.7 Å². The van der Waals surface area contributed by atoms with Gasteiger partial charge in [-0.05, 0) is 40.1 Å². The second-order valence-corrected chi connectivity index (χ2v) is 7.04. The lowest BCUT2D eigenvalue weighted by atomic mass is 10.1. The predicted molar refractivity (Wildman–Crippen MR) is 97.6 cm³/mol. The number of benzene rings is 1. The van der Waals surface area contributed by atoms with Crippen molar-refractivity contribution < 1.29 is 9.53 Å². The highest BCUT2D eigenvalue weighted by Gasteiger charge is 2.23. The van der Waals surface area contributed by atoms with Gasteiger partial charge in [-0.1, -0.05) is 23.7 Å². The van der Waals surface area contributed by atoms with Crippen LogP contribution in [-0.4, -0.2) is 43.7 Å². The number of nitrogens with one attached hydrogen (secondary N) is 1. The zero-order chi connectivity index (χ0) is 16.8. The first-order valence-corrected chi connectivity index (χ1v) is 9.39. The highest BCUT2D eigenvalue weighted by molar-refractivity contribution is 7.07. The van der Waals surface area contributed by atoms with Crippen LogP contribution in [0.15, 0.2) is 41.1 Å². The van der Waals surface area contributed by atoms with Gasteiger partial charge >= 0.3 is 0 Å². The number of halogens is 1. The molecule has 4 nitrogen and oxygen atoms in total. The third-order valence-corrected chi connectivity index (χ3v) is 5.14. The number of ether oxygens (including phenoxy) is 1. The molecule has 24 heavy (non-hydrogen) atoms. The summed E-state index contributed by atoms with van der Waals surface area (Å²) < 4.78 is 5.44. The normalized spacial score (nSPS) is 16.7. The highest BCUT2D eigenvalue weighted by Crippen LogP contribution is 2.23. The highest BCUT2D eigenvalue weighted by atomic mass is 35.5. The molecule has 0 radical (unpaired) electrons. The molecular formula is C18H21ClN2O2S. The average molecular weight is 365 g/mol. The van der Waals surface area contributed by atoms with Crippen LogP contribution in [0.3, 0.4) is 0 Å². The monoisotopic (exact) mass is 364 g/mol. The predicted octanol–water partition coefficient (Wildman–Crippen LogP) is 3.13. The van der Waals surface area contributed by atoms with E-state index in [2.05, 4.69) is 27.0 Å². The molecule has 1 aliphatic heterocycles. The third-order valence-electron chi connectivity index (χ3n) is 4.18. The molecule has 0 bridgehead atoms. The second-order valence-electron chi connectivity index (χ2n) is 5.83. The molecule has 0 saturated carbocycles. The van der Waals surface area contributed by atoms with Crippen LogP contribution in [0.5, 0.6) is 0 Å². The molecule has 2 heterocycles. The zero-order valence-corrected chi connectivity index (χ0v) is 15.0. The quantitative estimate of drug-likeness (QED) is 0.856. The summed E-state index contributed by atoms with van der Waals surface area (Å²) in [5.41, 5.74) is 2.23. The largest absolute Gasteiger partial charge is 0.379 e. The van der Waals surface area contributed by atoms with Crippen molar-refractivity contribution in [3.8, 4) is 0 Å². The molecule has 128 valence electrons. The van der Waals surface area contributed by atoms with E-state index in [9.17, 15) is 4.79 Å². The number of thiophene rings is 1. The smallest absolute Gasteiger partial charge is 0.224 e. The first-order valence-electron chi connectivity index (χ1n) is 8.07. The topological polar surface area (TPSA) is 41.6 Å². The van der Waals surface area contributed by atoms with Crippen molar-refractivity contribution >= 4 is 28.8 Å². The molecule has 0 aliphatic carbocycles. The number of carbonyl (C=O) groups excluding carboxylic acids is 1.